The van der Waals surface area contributed by atoms with Gasteiger partial charge in [-0.25, -0.2) is 0 Å². The summed E-state index contributed by atoms with van der Waals surface area (Å²) in [7, 11) is 2.97. The fourth-order valence-corrected chi connectivity index (χ4v) is 9.41. The maximum Gasteiger partial charge on any atom is 0.310 e. The number of aromatic amines is 2. The maximum atomic E-state index is 14.6. The molecule has 4 atom stereocenters. The number of hydrogen-bond donors (Lipinski definition) is 5. The maximum absolute atomic E-state index is 14.6. The molecule has 0 radical (unpaired) electrons. The van der Waals surface area contributed by atoms with Crippen LogP contribution >= 0.6 is 0 Å². The van der Waals surface area contributed by atoms with Crippen molar-refractivity contribution in [2.75, 3.05) is 66.5 Å². The van der Waals surface area contributed by atoms with E-state index in [2.05, 4.69) is 51.2 Å². The van der Waals surface area contributed by atoms with Crippen molar-refractivity contribution < 1.29 is 23.9 Å². The summed E-state index contributed by atoms with van der Waals surface area (Å²) in [5.74, 6) is -1.17. The summed E-state index contributed by atoms with van der Waals surface area (Å²) < 4.78 is 5.28. The van der Waals surface area contributed by atoms with Crippen molar-refractivity contribution in [1.82, 2.24) is 40.4 Å². The van der Waals surface area contributed by atoms with Crippen molar-refractivity contribution in [3.63, 3.8) is 0 Å². The number of carbonyl (C=O) groups excluding carboxylic acids is 4. The van der Waals surface area contributed by atoms with Crippen LogP contribution in [0.25, 0.3) is 22.1 Å². The molecule has 6 N–H and O–H groups in total. The van der Waals surface area contributed by atoms with Gasteiger partial charge in [0.05, 0.1) is 35.8 Å². The minimum absolute atomic E-state index is 0.0515. The van der Waals surface area contributed by atoms with E-state index in [-0.39, 0.29) is 54.1 Å². The molecule has 3 aromatic rings. The number of aryl methyl sites for hydroxylation is 2. The van der Waals surface area contributed by atoms with Crippen LogP contribution < -0.4 is 16.4 Å². The molecule has 3 aromatic heterocycles. The van der Waals surface area contributed by atoms with E-state index in [9.17, 15) is 19.2 Å². The predicted molar refractivity (Wildman–Crippen MR) is 236 cm³/mol. The van der Waals surface area contributed by atoms with Crippen LogP contribution in [0.15, 0.2) is 18.2 Å². The summed E-state index contributed by atoms with van der Waals surface area (Å²) in [6.07, 6.45) is 3.18. The Hall–Kier alpha value is -4.92. The number of nitrogens with one attached hydrogen (secondary N) is 4. The number of ether oxygens (including phenoxy) is 1. The number of rotatable bonds is 15. The normalized spacial score (nSPS) is 19.6. The average Bonchev–Trinajstić information content (AvgIpc) is 3.92. The van der Waals surface area contributed by atoms with Crippen molar-refractivity contribution in [2.45, 2.75) is 104 Å². The summed E-state index contributed by atoms with van der Waals surface area (Å²) in [5.41, 5.74) is 14.6. The Morgan fingerprint density at radius 3 is 2.08 bits per heavy atom. The molecule has 14 heteroatoms. The molecule has 14 nitrogen and oxygen atoms in total. The number of nitrogens with zero attached hydrogens (tertiary/aromatic N) is 4. The monoisotopic (exact) mass is 824 g/mol. The SMILES string of the molecule is CC[C@H]1c2cc3[nH]c(c(CC(=O)OC)c4nc(cc5[nH]c(cc(n2)C1C)c(C(C)=O)c5C)C(C)[C@@H]4CCC(=O)NC)c(C(=O)NCCCN1CCN(CCCN)CC1)c3C. The zero-order valence-electron chi connectivity index (χ0n) is 36.8. The third kappa shape index (κ3) is 9.50. The highest BCUT2D eigenvalue weighted by Gasteiger charge is 2.34. The lowest BCUT2D eigenvalue weighted by Crippen LogP contribution is -2.47. The van der Waals surface area contributed by atoms with Crippen molar-refractivity contribution in [3.8, 4) is 0 Å². The molecule has 0 spiro atoms. The smallest absolute Gasteiger partial charge is 0.310 e. The van der Waals surface area contributed by atoms with E-state index in [1.807, 2.05) is 32.0 Å². The zero-order valence-corrected chi connectivity index (χ0v) is 36.8. The van der Waals surface area contributed by atoms with Crippen molar-refractivity contribution in [3.05, 3.63) is 68.8 Å². The van der Waals surface area contributed by atoms with Gasteiger partial charge in [-0.1, -0.05) is 20.8 Å². The summed E-state index contributed by atoms with van der Waals surface area (Å²) >= 11 is 0. The average molecular weight is 824 g/mol. The Morgan fingerprint density at radius 2 is 1.45 bits per heavy atom. The number of amides is 2. The summed E-state index contributed by atoms with van der Waals surface area (Å²) in [6, 6.07) is 6.01. The second-order valence-corrected chi connectivity index (χ2v) is 16.8. The number of carbonyl (C=O) groups is 4. The van der Waals surface area contributed by atoms with Crippen LogP contribution in [0.4, 0.5) is 0 Å². The van der Waals surface area contributed by atoms with Gasteiger partial charge in [0.2, 0.25) is 5.91 Å². The van der Waals surface area contributed by atoms with Gasteiger partial charge >= 0.3 is 5.97 Å². The van der Waals surface area contributed by atoms with Crippen molar-refractivity contribution in [2.24, 2.45) is 5.73 Å². The number of methoxy groups -OCH3 is 1. The molecule has 60 heavy (non-hydrogen) atoms. The van der Waals surface area contributed by atoms with Gasteiger partial charge in [0, 0.05) is 109 Å². The number of fused-ring (bicyclic) bond motifs is 8. The Balaban J connectivity index is 1.55. The highest BCUT2D eigenvalue weighted by atomic mass is 16.5. The van der Waals surface area contributed by atoms with Crippen molar-refractivity contribution in [1.29, 1.82) is 0 Å². The van der Waals surface area contributed by atoms with Crippen LogP contribution in [-0.2, 0) is 20.7 Å². The molecule has 3 aliphatic heterocycles. The molecule has 6 rings (SSSR count). The lowest BCUT2D eigenvalue weighted by Gasteiger charge is -2.34. The molecule has 6 heterocycles. The Labute approximate surface area is 353 Å². The molecule has 2 unspecified atom stereocenters. The van der Waals surface area contributed by atoms with Gasteiger partial charge in [0.1, 0.15) is 0 Å². The number of piperazine rings is 1. The van der Waals surface area contributed by atoms with Crippen LogP contribution in [0, 0.1) is 13.8 Å². The highest BCUT2D eigenvalue weighted by molar-refractivity contribution is 6.06. The fraction of sp³-hybridized carbons (Fsp3) is 0.565. The zero-order chi connectivity index (χ0) is 43.2. The number of esters is 1. The topological polar surface area (TPSA) is 191 Å². The third-order valence-corrected chi connectivity index (χ3v) is 13.1. The summed E-state index contributed by atoms with van der Waals surface area (Å²) in [4.78, 5) is 76.4. The first-order valence-electron chi connectivity index (χ1n) is 21.8. The van der Waals surface area contributed by atoms with E-state index in [0.717, 1.165) is 97.8 Å². The minimum atomic E-state index is -0.477. The molecule has 0 aliphatic carbocycles. The van der Waals surface area contributed by atoms with Gasteiger partial charge < -0.3 is 40.9 Å². The molecule has 1 saturated heterocycles. The Bertz CT molecular complexity index is 2250. The number of nitrogens with two attached hydrogens (primary N) is 1. The number of ketones is 1. The second kappa shape index (κ2) is 19.6. The van der Waals surface area contributed by atoms with E-state index in [0.29, 0.717) is 52.9 Å². The van der Waals surface area contributed by atoms with E-state index in [1.165, 1.54) is 7.11 Å². The Kier molecular flexibility index (Phi) is 14.6. The van der Waals surface area contributed by atoms with Gasteiger partial charge in [0.15, 0.2) is 5.78 Å². The molecule has 1 fully saturated rings. The summed E-state index contributed by atoms with van der Waals surface area (Å²) in [5, 5.41) is 5.96. The molecule has 3 aliphatic rings. The van der Waals surface area contributed by atoms with Crippen LogP contribution in [0.1, 0.15) is 144 Å². The van der Waals surface area contributed by atoms with Crippen molar-refractivity contribution >= 4 is 45.6 Å². The lowest BCUT2D eigenvalue weighted by molar-refractivity contribution is -0.139. The molecule has 0 saturated carbocycles. The number of H-pyrrole nitrogens is 2. The largest absolute Gasteiger partial charge is 0.469 e. The molecule has 2 amide bonds. The van der Waals surface area contributed by atoms with Gasteiger partial charge in [-0.15, -0.1) is 0 Å². The van der Waals surface area contributed by atoms with E-state index in [1.54, 1.807) is 14.0 Å². The lowest BCUT2D eigenvalue weighted by atomic mass is 9.85. The first-order valence-corrected chi connectivity index (χ1v) is 21.8. The molecular formula is C46H65N9O5. The number of hydrogen-bond acceptors (Lipinski definition) is 10. The second-order valence-electron chi connectivity index (χ2n) is 16.8. The van der Waals surface area contributed by atoms with E-state index in [4.69, 9.17) is 20.4 Å². The Morgan fingerprint density at radius 1 is 0.850 bits per heavy atom. The first kappa shape index (κ1) is 44.6. The van der Waals surface area contributed by atoms with Gasteiger partial charge in [-0.05, 0) is 95.4 Å². The number of aromatic nitrogens is 4. The first-order chi connectivity index (χ1) is 28.8. The van der Waals surface area contributed by atoms with E-state index >= 15 is 0 Å². The minimum Gasteiger partial charge on any atom is -0.469 e. The molecule has 324 valence electrons. The van der Waals surface area contributed by atoms with Crippen LogP contribution in [0.5, 0.6) is 0 Å². The van der Waals surface area contributed by atoms with Gasteiger partial charge in [0.25, 0.3) is 5.91 Å². The molecule has 0 aromatic carbocycles. The quantitative estimate of drug-likeness (QED) is 0.0728. The van der Waals surface area contributed by atoms with Crippen LogP contribution in [-0.4, -0.2) is 120 Å². The standard InChI is InChI=1S/C46H65N9O5/c1-9-31-26(2)34-25-39-42(30(6)56)28(4)36(51-39)23-35-27(3)32(12-13-40(57)48-7)44(52-35)33(22-41(58)60-8)45-43(29(5)37(53-45)24-38(31)50-34)46(59)49-15-11-17-55-20-18-54(19-21-55)16-10-14-47/h23-27,31-32,51,53H,9-22,47H2,1-8H3,(H,48,57)(H,49,59)/t26?,27?,31-,32+/m1/s1. The number of Topliss-reactive ketones (excluding diaryl/α,β-unsaturated/α-hetero) is 1. The summed E-state index contributed by atoms with van der Waals surface area (Å²) in [6.45, 7) is 18.9. The van der Waals surface area contributed by atoms with Crippen LogP contribution in [0.3, 0.4) is 0 Å². The third-order valence-electron chi connectivity index (χ3n) is 13.1. The van der Waals surface area contributed by atoms with Gasteiger partial charge in [-0.3, -0.25) is 29.1 Å². The molecular weight excluding hydrogens is 759 g/mol. The van der Waals surface area contributed by atoms with Gasteiger partial charge in [-0.2, -0.15) is 0 Å². The predicted octanol–water partition coefficient (Wildman–Crippen LogP) is 5.65. The molecule has 8 bridgehead atoms. The van der Waals surface area contributed by atoms with Crippen LogP contribution in [0.2, 0.25) is 0 Å². The fourth-order valence-electron chi connectivity index (χ4n) is 9.41. The highest BCUT2D eigenvalue weighted by Crippen LogP contribution is 2.43. The van der Waals surface area contributed by atoms with E-state index < -0.39 is 5.97 Å².